The zero-order valence-corrected chi connectivity index (χ0v) is 14.4. The summed E-state index contributed by atoms with van der Waals surface area (Å²) < 4.78 is 0. The molecule has 22 heavy (non-hydrogen) atoms. The van der Waals surface area contributed by atoms with Gasteiger partial charge in [0.2, 0.25) is 0 Å². The van der Waals surface area contributed by atoms with E-state index in [2.05, 4.69) is 70.8 Å². The van der Waals surface area contributed by atoms with Crippen LogP contribution in [0.1, 0.15) is 52.8 Å². The lowest BCUT2D eigenvalue weighted by atomic mass is 9.78. The molecule has 2 heterocycles. The molecular formula is C20H24N2. The van der Waals surface area contributed by atoms with Gasteiger partial charge < -0.3 is 0 Å². The van der Waals surface area contributed by atoms with E-state index in [-0.39, 0.29) is 10.8 Å². The molecule has 0 bridgehead atoms. The van der Waals surface area contributed by atoms with Crippen molar-refractivity contribution in [1.82, 2.24) is 9.97 Å². The van der Waals surface area contributed by atoms with Crippen molar-refractivity contribution in [1.29, 1.82) is 0 Å². The van der Waals surface area contributed by atoms with Gasteiger partial charge in [-0.3, -0.25) is 9.97 Å². The average molecular weight is 292 g/mol. The van der Waals surface area contributed by atoms with E-state index in [1.807, 2.05) is 12.3 Å². The Bertz CT molecular complexity index is 777. The second-order valence-corrected chi connectivity index (χ2v) is 8.13. The third-order valence-electron chi connectivity index (χ3n) is 4.06. The van der Waals surface area contributed by atoms with Crippen molar-refractivity contribution in [2.24, 2.45) is 0 Å². The topological polar surface area (TPSA) is 25.8 Å². The predicted molar refractivity (Wildman–Crippen MR) is 94.4 cm³/mol. The van der Waals surface area contributed by atoms with E-state index < -0.39 is 0 Å². The third kappa shape index (κ3) is 2.58. The normalized spacial score (nSPS) is 13.0. The Labute approximate surface area is 132 Å². The molecule has 0 radical (unpaired) electrons. The molecule has 0 aliphatic heterocycles. The molecular weight excluding hydrogens is 268 g/mol. The number of fused-ring (bicyclic) bond motifs is 2. The second-order valence-electron chi connectivity index (χ2n) is 8.13. The van der Waals surface area contributed by atoms with Crippen molar-refractivity contribution >= 4 is 21.8 Å². The van der Waals surface area contributed by atoms with Gasteiger partial charge in [0, 0.05) is 22.4 Å². The first-order valence-electron chi connectivity index (χ1n) is 7.87. The minimum Gasteiger partial charge on any atom is -0.256 e. The van der Waals surface area contributed by atoms with Crippen LogP contribution < -0.4 is 0 Å². The van der Waals surface area contributed by atoms with Gasteiger partial charge in [0.1, 0.15) is 0 Å². The van der Waals surface area contributed by atoms with Crippen LogP contribution >= 0.6 is 0 Å². The first-order valence-corrected chi connectivity index (χ1v) is 7.87. The monoisotopic (exact) mass is 292 g/mol. The van der Waals surface area contributed by atoms with Crippen LogP contribution in [0.3, 0.4) is 0 Å². The van der Waals surface area contributed by atoms with Crippen molar-refractivity contribution in [2.75, 3.05) is 0 Å². The van der Waals surface area contributed by atoms with Crippen molar-refractivity contribution in [2.45, 2.75) is 52.4 Å². The number of hydrogen-bond donors (Lipinski definition) is 0. The van der Waals surface area contributed by atoms with Crippen LogP contribution in [0.2, 0.25) is 0 Å². The number of benzene rings is 1. The average Bonchev–Trinajstić information content (AvgIpc) is 2.41. The van der Waals surface area contributed by atoms with Gasteiger partial charge in [0.25, 0.3) is 0 Å². The summed E-state index contributed by atoms with van der Waals surface area (Å²) in [5.41, 5.74) is 4.70. The Balaban J connectivity index is 2.40. The third-order valence-corrected chi connectivity index (χ3v) is 4.06. The highest BCUT2D eigenvalue weighted by Gasteiger charge is 2.27. The Morgan fingerprint density at radius 2 is 1.45 bits per heavy atom. The maximum atomic E-state index is 5.04. The second kappa shape index (κ2) is 4.77. The lowest BCUT2D eigenvalue weighted by Gasteiger charge is -2.29. The van der Waals surface area contributed by atoms with Gasteiger partial charge in [-0.1, -0.05) is 47.6 Å². The molecule has 3 rings (SSSR count). The lowest BCUT2D eigenvalue weighted by molar-refractivity contribution is 0.517. The van der Waals surface area contributed by atoms with Crippen molar-refractivity contribution in [3.8, 4) is 0 Å². The van der Waals surface area contributed by atoms with Crippen molar-refractivity contribution < 1.29 is 0 Å². The molecule has 114 valence electrons. The van der Waals surface area contributed by atoms with Crippen LogP contribution in [-0.4, -0.2) is 9.97 Å². The van der Waals surface area contributed by atoms with E-state index in [1.54, 1.807) is 0 Å². The Hall–Kier alpha value is -1.96. The molecule has 0 spiro atoms. The summed E-state index contributed by atoms with van der Waals surface area (Å²) in [4.78, 5) is 9.50. The summed E-state index contributed by atoms with van der Waals surface area (Å²) in [7, 11) is 0. The summed E-state index contributed by atoms with van der Waals surface area (Å²) in [5.74, 6) is 0. The van der Waals surface area contributed by atoms with E-state index in [4.69, 9.17) is 4.98 Å². The van der Waals surface area contributed by atoms with E-state index >= 15 is 0 Å². The predicted octanol–water partition coefficient (Wildman–Crippen LogP) is 5.38. The van der Waals surface area contributed by atoms with Gasteiger partial charge in [-0.05, 0) is 35.2 Å². The SMILES string of the molecule is CC(C)(C)c1cc2cc3ncccc3cc2nc1C(C)(C)C. The van der Waals surface area contributed by atoms with Gasteiger partial charge in [-0.25, -0.2) is 0 Å². The molecule has 2 aromatic heterocycles. The van der Waals surface area contributed by atoms with Crippen LogP contribution in [0.25, 0.3) is 21.8 Å². The van der Waals surface area contributed by atoms with Crippen LogP contribution in [0, 0.1) is 0 Å². The highest BCUT2D eigenvalue weighted by Crippen LogP contribution is 2.35. The summed E-state index contributed by atoms with van der Waals surface area (Å²) in [5, 5.41) is 2.31. The fraction of sp³-hybridized carbons (Fsp3) is 0.400. The van der Waals surface area contributed by atoms with Crippen LogP contribution in [0.4, 0.5) is 0 Å². The Kier molecular flexibility index (Phi) is 3.24. The molecule has 2 heteroatoms. The van der Waals surface area contributed by atoms with E-state index in [9.17, 15) is 0 Å². The number of aromatic nitrogens is 2. The van der Waals surface area contributed by atoms with Gasteiger partial charge in [0.15, 0.2) is 0 Å². The molecule has 0 atom stereocenters. The molecule has 1 aromatic carbocycles. The van der Waals surface area contributed by atoms with E-state index in [0.29, 0.717) is 0 Å². The minimum absolute atomic E-state index is 0.0285. The molecule has 0 saturated carbocycles. The van der Waals surface area contributed by atoms with Gasteiger partial charge in [-0.2, -0.15) is 0 Å². The maximum Gasteiger partial charge on any atom is 0.0713 e. The van der Waals surface area contributed by atoms with E-state index in [0.717, 1.165) is 16.4 Å². The smallest absolute Gasteiger partial charge is 0.0713 e. The Morgan fingerprint density at radius 3 is 2.09 bits per heavy atom. The Morgan fingerprint density at radius 1 is 0.773 bits per heavy atom. The summed E-state index contributed by atoms with van der Waals surface area (Å²) in [6.45, 7) is 13.5. The van der Waals surface area contributed by atoms with Gasteiger partial charge >= 0.3 is 0 Å². The van der Waals surface area contributed by atoms with Crippen molar-refractivity contribution in [3.63, 3.8) is 0 Å². The lowest BCUT2D eigenvalue weighted by Crippen LogP contribution is -2.23. The molecule has 0 N–H and O–H groups in total. The molecule has 0 saturated heterocycles. The highest BCUT2D eigenvalue weighted by molar-refractivity contribution is 5.94. The standard InChI is InChI=1S/C20H24N2/c1-19(2,3)15-10-14-12-16-13(8-7-9-21-16)11-17(14)22-18(15)20(4,5)6/h7-12H,1-6H3. The molecule has 2 nitrogen and oxygen atoms in total. The summed E-state index contributed by atoms with van der Waals surface area (Å²) >= 11 is 0. The first kappa shape index (κ1) is 15.0. The number of nitrogens with zero attached hydrogens (tertiary/aromatic N) is 2. The number of rotatable bonds is 0. The molecule has 0 aliphatic carbocycles. The van der Waals surface area contributed by atoms with Crippen molar-refractivity contribution in [3.05, 3.63) is 47.8 Å². The minimum atomic E-state index is 0.0285. The molecule has 0 aliphatic rings. The quantitative estimate of drug-likeness (QED) is 0.520. The largest absolute Gasteiger partial charge is 0.256 e. The first-order chi connectivity index (χ1) is 10.2. The number of hydrogen-bond acceptors (Lipinski definition) is 2. The summed E-state index contributed by atoms with van der Waals surface area (Å²) in [6, 6.07) is 10.7. The fourth-order valence-corrected chi connectivity index (χ4v) is 2.88. The number of pyridine rings is 2. The van der Waals surface area contributed by atoms with Crippen LogP contribution in [0.15, 0.2) is 36.5 Å². The zero-order valence-electron chi connectivity index (χ0n) is 14.4. The van der Waals surface area contributed by atoms with Gasteiger partial charge in [-0.15, -0.1) is 0 Å². The highest BCUT2D eigenvalue weighted by atomic mass is 14.7. The van der Waals surface area contributed by atoms with Crippen LogP contribution in [-0.2, 0) is 10.8 Å². The fourth-order valence-electron chi connectivity index (χ4n) is 2.88. The molecule has 3 aromatic rings. The van der Waals surface area contributed by atoms with Gasteiger partial charge in [0.05, 0.1) is 16.7 Å². The molecule has 0 amide bonds. The van der Waals surface area contributed by atoms with E-state index in [1.165, 1.54) is 16.6 Å². The van der Waals surface area contributed by atoms with Crippen LogP contribution in [0.5, 0.6) is 0 Å². The maximum absolute atomic E-state index is 5.04. The molecule has 0 fully saturated rings. The summed E-state index contributed by atoms with van der Waals surface area (Å²) in [6.07, 6.45) is 1.84. The molecule has 0 unspecified atom stereocenters. The zero-order chi connectivity index (χ0) is 16.1.